The van der Waals surface area contributed by atoms with Crippen LogP contribution in [-0.4, -0.2) is 77.7 Å². The molecular formula is C28H44N4O5. The van der Waals surface area contributed by atoms with Gasteiger partial charge >= 0.3 is 6.03 Å². The number of nitrogens with zero attached hydrogens (tertiary/aromatic N) is 2. The highest BCUT2D eigenvalue weighted by atomic mass is 16.5. The number of carbonyl (C=O) groups is 3. The van der Waals surface area contributed by atoms with Crippen molar-refractivity contribution < 1.29 is 24.2 Å². The molecule has 1 heterocycles. The maximum Gasteiger partial charge on any atom is 0.317 e. The topological polar surface area (TPSA) is 111 Å². The van der Waals surface area contributed by atoms with Crippen LogP contribution in [0.2, 0.25) is 0 Å². The molecule has 3 N–H and O–H groups in total. The molecule has 3 rings (SSSR count). The molecule has 1 aliphatic carbocycles. The maximum atomic E-state index is 13.4. The maximum absolute atomic E-state index is 13.4. The Morgan fingerprint density at radius 1 is 1.19 bits per heavy atom. The summed E-state index contributed by atoms with van der Waals surface area (Å²) in [5.41, 5.74) is 1.32. The van der Waals surface area contributed by atoms with E-state index in [1.165, 1.54) is 6.42 Å². The number of nitrogens with one attached hydrogen (secondary N) is 2. The summed E-state index contributed by atoms with van der Waals surface area (Å²) in [5, 5.41) is 15.8. The van der Waals surface area contributed by atoms with Crippen molar-refractivity contribution >= 4 is 23.5 Å². The zero-order chi connectivity index (χ0) is 27.1. The molecule has 1 aromatic carbocycles. The summed E-state index contributed by atoms with van der Waals surface area (Å²) in [6.45, 7) is 8.20. The molecule has 3 atom stereocenters. The first-order valence-electron chi connectivity index (χ1n) is 13.6. The van der Waals surface area contributed by atoms with Crippen molar-refractivity contribution in [3.8, 4) is 5.75 Å². The van der Waals surface area contributed by atoms with Gasteiger partial charge in [0.25, 0.3) is 0 Å². The number of rotatable bonds is 7. The normalized spacial score (nSPS) is 21.7. The van der Waals surface area contributed by atoms with Gasteiger partial charge in [-0.05, 0) is 51.8 Å². The number of anilines is 1. The third-order valence-corrected chi connectivity index (χ3v) is 7.37. The number of carbonyl (C=O) groups excluding carboxylic acids is 3. The van der Waals surface area contributed by atoms with Crippen molar-refractivity contribution in [1.29, 1.82) is 0 Å². The highest BCUT2D eigenvalue weighted by molar-refractivity contribution is 5.93. The molecular weight excluding hydrogens is 472 g/mol. The molecule has 1 saturated carbocycles. The fraction of sp³-hybridized carbons (Fsp3) is 0.679. The number of hydrogen-bond acceptors (Lipinski definition) is 5. The lowest BCUT2D eigenvalue weighted by molar-refractivity contribution is -0.134. The summed E-state index contributed by atoms with van der Waals surface area (Å²) >= 11 is 0. The zero-order valence-electron chi connectivity index (χ0n) is 23.0. The van der Waals surface area contributed by atoms with Crippen molar-refractivity contribution in [3.63, 3.8) is 0 Å². The van der Waals surface area contributed by atoms with Crippen LogP contribution in [0.1, 0.15) is 65.4 Å². The number of fused-ring (bicyclic) bond motifs is 1. The molecule has 0 aromatic heterocycles. The highest BCUT2D eigenvalue weighted by Crippen LogP contribution is 2.30. The van der Waals surface area contributed by atoms with Gasteiger partial charge in [0, 0.05) is 42.7 Å². The summed E-state index contributed by atoms with van der Waals surface area (Å²) < 4.78 is 6.47. The Bertz CT molecular complexity index is 947. The van der Waals surface area contributed by atoms with Gasteiger partial charge in [-0.2, -0.15) is 0 Å². The van der Waals surface area contributed by atoms with E-state index in [9.17, 15) is 19.5 Å². The van der Waals surface area contributed by atoms with Crippen LogP contribution in [0.3, 0.4) is 0 Å². The molecule has 1 fully saturated rings. The van der Waals surface area contributed by atoms with E-state index < -0.39 is 0 Å². The van der Waals surface area contributed by atoms with E-state index >= 15 is 0 Å². The number of hydrogen-bond donors (Lipinski definition) is 3. The van der Waals surface area contributed by atoms with Gasteiger partial charge < -0.3 is 30.3 Å². The molecule has 4 amide bonds. The first kappa shape index (κ1) is 28.8. The Morgan fingerprint density at radius 2 is 1.89 bits per heavy atom. The minimum Gasteiger partial charge on any atom is -0.488 e. The number of ether oxygens (including phenoxy) is 1. The fourth-order valence-electron chi connectivity index (χ4n) is 5.04. The predicted octanol–water partition coefficient (Wildman–Crippen LogP) is 3.40. The lowest BCUT2D eigenvalue weighted by Crippen LogP contribution is -2.49. The Morgan fingerprint density at radius 3 is 2.54 bits per heavy atom. The van der Waals surface area contributed by atoms with E-state index in [1.807, 2.05) is 39.8 Å². The lowest BCUT2D eigenvalue weighted by Gasteiger charge is -2.34. The first-order chi connectivity index (χ1) is 17.6. The summed E-state index contributed by atoms with van der Waals surface area (Å²) in [7, 11) is 1.73. The number of likely N-dealkylation sites (N-methyl/N-ethyl adjacent to an activating group) is 1. The number of amides is 4. The molecule has 9 heteroatoms. The minimum absolute atomic E-state index is 0.00955. The second-order valence-corrected chi connectivity index (χ2v) is 11.0. The molecule has 0 saturated heterocycles. The molecule has 0 unspecified atom stereocenters. The van der Waals surface area contributed by atoms with Gasteiger partial charge in [0.05, 0.1) is 25.6 Å². The minimum atomic E-state index is -0.386. The van der Waals surface area contributed by atoms with E-state index in [1.54, 1.807) is 22.9 Å². The van der Waals surface area contributed by atoms with E-state index in [-0.39, 0.29) is 60.9 Å². The van der Waals surface area contributed by atoms with Gasteiger partial charge in [-0.3, -0.25) is 9.59 Å². The number of aliphatic hydroxyl groups is 1. The molecule has 2 aliphatic rings. The molecule has 1 aliphatic heterocycles. The molecule has 0 spiro atoms. The van der Waals surface area contributed by atoms with Crippen LogP contribution in [0, 0.1) is 11.8 Å². The van der Waals surface area contributed by atoms with Gasteiger partial charge in [-0.15, -0.1) is 0 Å². The van der Waals surface area contributed by atoms with Gasteiger partial charge in [-0.25, -0.2) is 4.79 Å². The van der Waals surface area contributed by atoms with E-state index in [0.717, 1.165) is 25.7 Å². The van der Waals surface area contributed by atoms with Crippen LogP contribution in [0.25, 0.3) is 0 Å². The van der Waals surface area contributed by atoms with E-state index in [4.69, 9.17) is 4.74 Å². The average Bonchev–Trinajstić information content (AvgIpc) is 2.91. The van der Waals surface area contributed by atoms with E-state index in [2.05, 4.69) is 10.6 Å². The summed E-state index contributed by atoms with van der Waals surface area (Å²) in [5.74, 6) is 0.395. The SMILES string of the molecule is CC(C)NC(=O)N(C)C[C@H]1Oc2ccc(NC(=O)C3CCCCC3)cc2CC(=O)N([C@H](C)CO)C[C@@H]1C. The second-order valence-electron chi connectivity index (χ2n) is 11.0. The highest BCUT2D eigenvalue weighted by Gasteiger charge is 2.32. The monoisotopic (exact) mass is 516 g/mol. The Balaban J connectivity index is 1.87. The second kappa shape index (κ2) is 13.1. The van der Waals surface area contributed by atoms with Crippen molar-refractivity contribution in [3.05, 3.63) is 23.8 Å². The first-order valence-corrected chi connectivity index (χ1v) is 13.6. The van der Waals surface area contributed by atoms with Gasteiger partial charge in [-0.1, -0.05) is 26.2 Å². The lowest BCUT2D eigenvalue weighted by atomic mass is 9.88. The van der Waals surface area contributed by atoms with Crippen LogP contribution >= 0.6 is 0 Å². The third kappa shape index (κ3) is 7.84. The van der Waals surface area contributed by atoms with Crippen molar-refractivity contribution in [2.24, 2.45) is 11.8 Å². The summed E-state index contributed by atoms with van der Waals surface area (Å²) in [6.07, 6.45) is 4.85. The molecule has 9 nitrogen and oxygen atoms in total. The smallest absolute Gasteiger partial charge is 0.317 e. The number of urea groups is 1. The molecule has 206 valence electrons. The standard InChI is InChI=1S/C28H44N4O5/c1-18(2)29-28(36)31(5)16-25-19(3)15-32(20(4)17-33)26(34)14-22-13-23(11-12-24(22)37-25)30-27(35)21-9-7-6-8-10-21/h11-13,18-21,25,33H,6-10,14-17H2,1-5H3,(H,29,36)(H,30,35)/t19-,20+,25+/m0/s1. The van der Waals surface area contributed by atoms with Crippen LogP contribution in [-0.2, 0) is 16.0 Å². The van der Waals surface area contributed by atoms with Crippen LogP contribution in [0.4, 0.5) is 10.5 Å². The molecule has 0 bridgehead atoms. The van der Waals surface area contributed by atoms with Crippen molar-refractivity contribution in [2.75, 3.05) is 32.1 Å². The van der Waals surface area contributed by atoms with Gasteiger partial charge in [0.2, 0.25) is 11.8 Å². The van der Waals surface area contributed by atoms with E-state index in [0.29, 0.717) is 30.1 Å². The summed E-state index contributed by atoms with van der Waals surface area (Å²) in [6, 6.07) is 4.90. The largest absolute Gasteiger partial charge is 0.488 e. The fourth-order valence-corrected chi connectivity index (χ4v) is 5.04. The quantitative estimate of drug-likeness (QED) is 0.514. The Hall–Kier alpha value is -2.81. The third-order valence-electron chi connectivity index (χ3n) is 7.37. The average molecular weight is 517 g/mol. The molecule has 0 radical (unpaired) electrons. The van der Waals surface area contributed by atoms with Crippen LogP contribution in [0.15, 0.2) is 18.2 Å². The van der Waals surface area contributed by atoms with Gasteiger partial charge in [0.1, 0.15) is 11.9 Å². The van der Waals surface area contributed by atoms with Crippen molar-refractivity contribution in [1.82, 2.24) is 15.1 Å². The Labute approximate surface area is 220 Å². The van der Waals surface area contributed by atoms with Gasteiger partial charge in [0.15, 0.2) is 0 Å². The zero-order valence-corrected chi connectivity index (χ0v) is 23.0. The van der Waals surface area contributed by atoms with Crippen LogP contribution in [0.5, 0.6) is 5.75 Å². The summed E-state index contributed by atoms with van der Waals surface area (Å²) in [4.78, 5) is 42.1. The number of benzene rings is 1. The van der Waals surface area contributed by atoms with Crippen LogP contribution < -0.4 is 15.4 Å². The molecule has 1 aromatic rings. The van der Waals surface area contributed by atoms with Crippen molar-refractivity contribution in [2.45, 2.75) is 84.4 Å². The number of aliphatic hydroxyl groups excluding tert-OH is 1. The Kier molecular flexibility index (Phi) is 10.2. The molecule has 37 heavy (non-hydrogen) atoms. The predicted molar refractivity (Wildman–Crippen MR) is 143 cm³/mol.